The molecule has 0 aromatic heterocycles. The molecule has 1 heterocycles. The van der Waals surface area contributed by atoms with Gasteiger partial charge in [0.05, 0.1) is 5.60 Å². The van der Waals surface area contributed by atoms with Gasteiger partial charge in [0.15, 0.2) is 6.10 Å². The molecule has 1 atom stereocenters. The molecular weight excluding hydrogens is 462 g/mol. The molecule has 1 aliphatic carbocycles. The third-order valence-corrected chi connectivity index (χ3v) is 8.14. The number of aliphatic carboxylic acids is 1. The molecule has 1 saturated carbocycles. The highest BCUT2D eigenvalue weighted by Crippen LogP contribution is 2.43. The second kappa shape index (κ2) is 11.0. The van der Waals surface area contributed by atoms with E-state index in [-0.39, 0.29) is 5.91 Å². The van der Waals surface area contributed by atoms with Crippen molar-refractivity contribution in [3.8, 4) is 11.1 Å². The van der Waals surface area contributed by atoms with E-state index in [1.807, 2.05) is 32.6 Å². The van der Waals surface area contributed by atoms with E-state index in [9.17, 15) is 14.7 Å². The summed E-state index contributed by atoms with van der Waals surface area (Å²) >= 11 is 0. The lowest BCUT2D eigenvalue weighted by molar-refractivity contribution is -0.160. The maximum Gasteiger partial charge on any atom is 0.337 e. The summed E-state index contributed by atoms with van der Waals surface area (Å²) in [7, 11) is 0. The van der Waals surface area contributed by atoms with E-state index < -0.39 is 17.7 Å². The van der Waals surface area contributed by atoms with Crippen LogP contribution >= 0.6 is 0 Å². The Bertz CT molecular complexity index is 1150. The van der Waals surface area contributed by atoms with Crippen molar-refractivity contribution in [1.29, 1.82) is 0 Å². The van der Waals surface area contributed by atoms with E-state index in [0.717, 1.165) is 52.6 Å². The molecule has 2 aliphatic rings. The first-order chi connectivity index (χ1) is 17.5. The van der Waals surface area contributed by atoms with Gasteiger partial charge in [-0.2, -0.15) is 0 Å². The third kappa shape index (κ3) is 6.09. The zero-order chi connectivity index (χ0) is 26.9. The van der Waals surface area contributed by atoms with Crippen molar-refractivity contribution < 1.29 is 19.4 Å². The lowest BCUT2D eigenvalue weighted by atomic mass is 9.80. The van der Waals surface area contributed by atoms with Gasteiger partial charge < -0.3 is 14.7 Å². The lowest BCUT2D eigenvalue weighted by Gasteiger charge is -2.36. The Morgan fingerprint density at radius 1 is 1.00 bits per heavy atom. The minimum absolute atomic E-state index is 0.236. The highest BCUT2D eigenvalue weighted by Gasteiger charge is 2.35. The molecular formula is C32H43NO4. The van der Waals surface area contributed by atoms with Crippen molar-refractivity contribution in [3.63, 3.8) is 0 Å². The van der Waals surface area contributed by atoms with Gasteiger partial charge in [0, 0.05) is 25.1 Å². The minimum atomic E-state index is -1.10. The summed E-state index contributed by atoms with van der Waals surface area (Å²) in [6, 6.07) is 8.29. The molecule has 1 fully saturated rings. The van der Waals surface area contributed by atoms with Crippen molar-refractivity contribution in [2.45, 2.75) is 105 Å². The summed E-state index contributed by atoms with van der Waals surface area (Å²) in [6.07, 6.45) is 6.37. The fraction of sp³-hybridized carbons (Fsp3) is 0.562. The molecule has 2 aromatic rings. The van der Waals surface area contributed by atoms with Crippen molar-refractivity contribution in [2.75, 3.05) is 6.54 Å². The number of rotatable bonds is 6. The number of carbonyl (C=O) groups excluding carboxylic acids is 1. The number of benzene rings is 2. The number of carboxylic acids is 1. The van der Waals surface area contributed by atoms with Gasteiger partial charge in [-0.1, -0.05) is 49.1 Å². The Kier molecular flexibility index (Phi) is 8.13. The van der Waals surface area contributed by atoms with Crippen LogP contribution in [0.25, 0.3) is 11.1 Å². The van der Waals surface area contributed by atoms with Crippen LogP contribution in [0.3, 0.4) is 0 Å². The monoisotopic (exact) mass is 505 g/mol. The van der Waals surface area contributed by atoms with Crippen molar-refractivity contribution >= 4 is 11.9 Å². The van der Waals surface area contributed by atoms with Gasteiger partial charge in [-0.3, -0.25) is 4.79 Å². The number of amides is 1. The van der Waals surface area contributed by atoms with Gasteiger partial charge in [-0.25, -0.2) is 4.79 Å². The van der Waals surface area contributed by atoms with E-state index in [4.69, 9.17) is 4.74 Å². The zero-order valence-corrected chi connectivity index (χ0v) is 23.4. The van der Waals surface area contributed by atoms with Crippen LogP contribution in [0.2, 0.25) is 0 Å². The maximum absolute atomic E-state index is 13.3. The standard InChI is InChI=1S/C32H43NO4/c1-20-12-14-24(15-13-20)28-21(2)25-16-17-33(27(34)18-23-10-8-7-9-11-23)19-26(25)22(3)29(28)30(31(35)36)37-32(4,5)6/h12-15,23,30H,7-11,16-19H2,1-6H3,(H,35,36). The van der Waals surface area contributed by atoms with E-state index in [1.54, 1.807) is 0 Å². The van der Waals surface area contributed by atoms with Crippen molar-refractivity contribution in [2.24, 2.45) is 5.92 Å². The van der Waals surface area contributed by atoms with Crippen LogP contribution in [0.5, 0.6) is 0 Å². The first kappa shape index (κ1) is 27.4. The van der Waals surface area contributed by atoms with E-state index in [0.29, 0.717) is 31.0 Å². The summed E-state index contributed by atoms with van der Waals surface area (Å²) in [5.74, 6) is -0.257. The average Bonchev–Trinajstić information content (AvgIpc) is 2.85. The number of carboxylic acid groups (broad SMARTS) is 1. The molecule has 4 rings (SSSR count). The first-order valence-electron chi connectivity index (χ1n) is 13.9. The fourth-order valence-electron chi connectivity index (χ4n) is 6.21. The van der Waals surface area contributed by atoms with Crippen LogP contribution in [0.15, 0.2) is 24.3 Å². The second-order valence-corrected chi connectivity index (χ2v) is 12.1. The van der Waals surface area contributed by atoms with E-state index in [1.165, 1.54) is 24.8 Å². The number of fused-ring (bicyclic) bond motifs is 1. The van der Waals surface area contributed by atoms with Crippen LogP contribution in [-0.4, -0.2) is 34.0 Å². The molecule has 200 valence electrons. The molecule has 1 N–H and O–H groups in total. The predicted molar refractivity (Wildman–Crippen MR) is 148 cm³/mol. The number of aryl methyl sites for hydroxylation is 1. The van der Waals surface area contributed by atoms with Crippen molar-refractivity contribution in [3.05, 3.63) is 57.6 Å². The molecule has 37 heavy (non-hydrogen) atoms. The molecule has 0 bridgehead atoms. The Labute approximate surface area is 222 Å². The van der Waals surface area contributed by atoms with Gasteiger partial charge in [-0.05, 0) is 100 Å². The Morgan fingerprint density at radius 3 is 2.24 bits per heavy atom. The molecule has 1 aliphatic heterocycles. The van der Waals surface area contributed by atoms with Crippen LogP contribution in [0, 0.1) is 26.7 Å². The minimum Gasteiger partial charge on any atom is -0.479 e. The number of carbonyl (C=O) groups is 2. The van der Waals surface area contributed by atoms with Crippen LogP contribution in [0.4, 0.5) is 0 Å². The Balaban J connectivity index is 1.79. The molecule has 1 amide bonds. The summed E-state index contributed by atoms with van der Waals surface area (Å²) in [5, 5.41) is 10.4. The highest BCUT2D eigenvalue weighted by molar-refractivity contribution is 5.84. The predicted octanol–water partition coefficient (Wildman–Crippen LogP) is 7.07. The molecule has 0 radical (unpaired) electrons. The van der Waals surface area contributed by atoms with Crippen LogP contribution in [-0.2, 0) is 27.3 Å². The second-order valence-electron chi connectivity index (χ2n) is 12.1. The largest absolute Gasteiger partial charge is 0.479 e. The van der Waals surface area contributed by atoms with Crippen molar-refractivity contribution in [1.82, 2.24) is 4.90 Å². The first-order valence-corrected chi connectivity index (χ1v) is 13.9. The maximum atomic E-state index is 13.3. The number of hydrogen-bond donors (Lipinski definition) is 1. The number of ether oxygens (including phenoxy) is 1. The van der Waals surface area contributed by atoms with Gasteiger partial charge in [0.1, 0.15) is 0 Å². The third-order valence-electron chi connectivity index (χ3n) is 8.14. The van der Waals surface area contributed by atoms with Gasteiger partial charge >= 0.3 is 5.97 Å². The molecule has 1 unspecified atom stereocenters. The van der Waals surface area contributed by atoms with E-state index >= 15 is 0 Å². The zero-order valence-electron chi connectivity index (χ0n) is 23.4. The summed E-state index contributed by atoms with van der Waals surface area (Å²) in [4.78, 5) is 28.0. The summed E-state index contributed by atoms with van der Waals surface area (Å²) in [6.45, 7) is 13.1. The molecule has 2 aromatic carbocycles. The lowest BCUT2D eigenvalue weighted by Crippen LogP contribution is -2.38. The Hall–Kier alpha value is -2.66. The van der Waals surface area contributed by atoms with Gasteiger partial charge in [0.25, 0.3) is 0 Å². The molecule has 0 saturated heterocycles. The molecule has 0 spiro atoms. The SMILES string of the molecule is Cc1ccc(-c2c(C)c3c(c(C)c2C(OC(C)(C)C)C(=O)O)CN(C(=O)CC2CCCCC2)CC3)cc1. The van der Waals surface area contributed by atoms with E-state index in [2.05, 4.69) is 38.1 Å². The van der Waals surface area contributed by atoms with Crippen LogP contribution in [0.1, 0.15) is 98.8 Å². The number of hydrogen-bond acceptors (Lipinski definition) is 3. The van der Waals surface area contributed by atoms with Crippen LogP contribution < -0.4 is 0 Å². The fourth-order valence-corrected chi connectivity index (χ4v) is 6.21. The molecule has 5 nitrogen and oxygen atoms in total. The normalized spacial score (nSPS) is 17.4. The Morgan fingerprint density at radius 2 is 1.65 bits per heavy atom. The summed E-state index contributed by atoms with van der Waals surface area (Å²) in [5.41, 5.74) is 7.57. The van der Waals surface area contributed by atoms with Gasteiger partial charge in [-0.15, -0.1) is 0 Å². The average molecular weight is 506 g/mol. The topological polar surface area (TPSA) is 66.8 Å². The number of nitrogens with zero attached hydrogens (tertiary/aromatic N) is 1. The molecule has 5 heteroatoms. The smallest absolute Gasteiger partial charge is 0.337 e. The quantitative estimate of drug-likeness (QED) is 0.456. The van der Waals surface area contributed by atoms with Gasteiger partial charge in [0.2, 0.25) is 5.91 Å². The summed E-state index contributed by atoms with van der Waals surface area (Å²) < 4.78 is 6.19. The highest BCUT2D eigenvalue weighted by atomic mass is 16.5.